The lowest BCUT2D eigenvalue weighted by molar-refractivity contribution is 0.117. The fraction of sp³-hybridized carbons (Fsp3) is 0.889. The molecule has 0 aliphatic heterocycles. The predicted octanol–water partition coefficient (Wildman–Crippen LogP) is 2.29. The first-order valence-corrected chi connectivity index (χ1v) is 4.37. The summed E-state index contributed by atoms with van der Waals surface area (Å²) in [5.41, 5.74) is 0.542. The van der Waals surface area contributed by atoms with E-state index < -0.39 is 0 Å². The van der Waals surface area contributed by atoms with Crippen LogP contribution in [0, 0.1) is 5.41 Å². The second kappa shape index (κ2) is 3.68. The maximum Gasteiger partial charge on any atom is 0.234 e. The van der Waals surface area contributed by atoms with Crippen LogP contribution < -0.4 is 0 Å². The van der Waals surface area contributed by atoms with E-state index in [1.54, 1.807) is 6.08 Å². The van der Waals surface area contributed by atoms with Crippen molar-refractivity contribution >= 4 is 6.08 Å². The number of aliphatic imine (C=N–C) groups is 1. The Hall–Kier alpha value is -0.620. The SMILES string of the molecule is CCC1(CCN=C=O)CCC1. The second-order valence-corrected chi connectivity index (χ2v) is 3.43. The van der Waals surface area contributed by atoms with E-state index in [2.05, 4.69) is 11.9 Å². The summed E-state index contributed by atoms with van der Waals surface area (Å²) in [6, 6.07) is 0. The zero-order valence-corrected chi connectivity index (χ0v) is 7.10. The molecule has 0 aromatic carbocycles. The van der Waals surface area contributed by atoms with Gasteiger partial charge in [0, 0.05) is 0 Å². The summed E-state index contributed by atoms with van der Waals surface area (Å²) in [6.45, 7) is 2.90. The molecule has 1 aliphatic rings. The Morgan fingerprint density at radius 2 is 2.27 bits per heavy atom. The fourth-order valence-corrected chi connectivity index (χ4v) is 1.80. The van der Waals surface area contributed by atoms with Crippen LogP contribution in [0.2, 0.25) is 0 Å². The predicted molar refractivity (Wildman–Crippen MR) is 44.2 cm³/mol. The topological polar surface area (TPSA) is 29.4 Å². The lowest BCUT2D eigenvalue weighted by Crippen LogP contribution is -2.29. The van der Waals surface area contributed by atoms with Gasteiger partial charge >= 0.3 is 0 Å². The molecule has 0 atom stereocenters. The van der Waals surface area contributed by atoms with Crippen LogP contribution in [0.15, 0.2) is 4.99 Å². The number of hydrogen-bond acceptors (Lipinski definition) is 2. The molecule has 1 aliphatic carbocycles. The highest BCUT2D eigenvalue weighted by Gasteiger charge is 2.34. The van der Waals surface area contributed by atoms with Gasteiger partial charge in [0.15, 0.2) is 0 Å². The Bertz CT molecular complexity index is 161. The number of hydrogen-bond donors (Lipinski definition) is 0. The van der Waals surface area contributed by atoms with Crippen molar-refractivity contribution in [3.63, 3.8) is 0 Å². The molecule has 62 valence electrons. The largest absolute Gasteiger partial charge is 0.234 e. The van der Waals surface area contributed by atoms with E-state index in [0.717, 1.165) is 6.42 Å². The minimum atomic E-state index is 0.542. The molecule has 11 heavy (non-hydrogen) atoms. The Morgan fingerprint density at radius 1 is 1.55 bits per heavy atom. The first kappa shape index (κ1) is 8.48. The van der Waals surface area contributed by atoms with Gasteiger partial charge in [-0.3, -0.25) is 0 Å². The molecule has 0 N–H and O–H groups in total. The van der Waals surface area contributed by atoms with Crippen molar-refractivity contribution < 1.29 is 4.79 Å². The van der Waals surface area contributed by atoms with E-state index in [4.69, 9.17) is 0 Å². The zero-order valence-electron chi connectivity index (χ0n) is 7.10. The van der Waals surface area contributed by atoms with Crippen molar-refractivity contribution in [3.05, 3.63) is 0 Å². The lowest BCUT2D eigenvalue weighted by atomic mass is 9.65. The summed E-state index contributed by atoms with van der Waals surface area (Å²) in [7, 11) is 0. The average molecular weight is 153 g/mol. The molecule has 1 saturated carbocycles. The standard InChI is InChI=1S/C9H15NO/c1-2-9(4-3-5-9)6-7-10-8-11/h2-7H2,1H3. The minimum Gasteiger partial charge on any atom is -0.211 e. The highest BCUT2D eigenvalue weighted by Crippen LogP contribution is 2.46. The summed E-state index contributed by atoms with van der Waals surface area (Å²) in [4.78, 5) is 13.4. The van der Waals surface area contributed by atoms with Gasteiger partial charge in [0.05, 0.1) is 6.54 Å². The smallest absolute Gasteiger partial charge is 0.211 e. The van der Waals surface area contributed by atoms with Crippen LogP contribution in [0.4, 0.5) is 0 Å². The van der Waals surface area contributed by atoms with Crippen LogP contribution in [0.25, 0.3) is 0 Å². The summed E-state index contributed by atoms with van der Waals surface area (Å²) < 4.78 is 0. The third-order valence-corrected chi connectivity index (χ3v) is 2.98. The quantitative estimate of drug-likeness (QED) is 0.450. The molecule has 2 heteroatoms. The molecule has 0 bridgehead atoms. The molecule has 0 heterocycles. The molecule has 2 nitrogen and oxygen atoms in total. The van der Waals surface area contributed by atoms with E-state index in [0.29, 0.717) is 12.0 Å². The van der Waals surface area contributed by atoms with E-state index in [-0.39, 0.29) is 0 Å². The van der Waals surface area contributed by atoms with Gasteiger partial charge in [-0.1, -0.05) is 19.8 Å². The maximum atomic E-state index is 9.79. The van der Waals surface area contributed by atoms with Gasteiger partial charge < -0.3 is 0 Å². The number of rotatable bonds is 4. The molecule has 1 rings (SSSR count). The monoisotopic (exact) mass is 153 g/mol. The first-order chi connectivity index (χ1) is 5.33. The van der Waals surface area contributed by atoms with Gasteiger partial charge in [-0.25, -0.2) is 9.79 Å². The van der Waals surface area contributed by atoms with Crippen LogP contribution in [-0.2, 0) is 4.79 Å². The van der Waals surface area contributed by atoms with Crippen LogP contribution in [0.5, 0.6) is 0 Å². The first-order valence-electron chi connectivity index (χ1n) is 4.37. The molecular weight excluding hydrogens is 138 g/mol. The molecule has 0 spiro atoms. The molecule has 0 saturated heterocycles. The summed E-state index contributed by atoms with van der Waals surface area (Å²) >= 11 is 0. The van der Waals surface area contributed by atoms with Crippen LogP contribution in [0.3, 0.4) is 0 Å². The second-order valence-electron chi connectivity index (χ2n) is 3.43. The van der Waals surface area contributed by atoms with Gasteiger partial charge in [0.2, 0.25) is 6.08 Å². The Labute approximate surface area is 67.7 Å². The normalized spacial score (nSPS) is 20.1. The highest BCUT2D eigenvalue weighted by molar-refractivity contribution is 5.32. The van der Waals surface area contributed by atoms with Crippen molar-refractivity contribution in [2.24, 2.45) is 10.4 Å². The van der Waals surface area contributed by atoms with Crippen molar-refractivity contribution in [3.8, 4) is 0 Å². The number of nitrogens with zero attached hydrogens (tertiary/aromatic N) is 1. The van der Waals surface area contributed by atoms with Gasteiger partial charge in [0.1, 0.15) is 0 Å². The number of carbonyl (C=O) groups excluding carboxylic acids is 1. The van der Waals surface area contributed by atoms with Crippen molar-refractivity contribution in [1.82, 2.24) is 0 Å². The van der Waals surface area contributed by atoms with Gasteiger partial charge in [-0.15, -0.1) is 0 Å². The summed E-state index contributed by atoms with van der Waals surface area (Å²) in [5, 5.41) is 0. The van der Waals surface area contributed by atoms with Crippen molar-refractivity contribution in [2.45, 2.75) is 39.0 Å². The fourth-order valence-electron chi connectivity index (χ4n) is 1.80. The van der Waals surface area contributed by atoms with Gasteiger partial charge in [-0.2, -0.15) is 0 Å². The zero-order chi connectivity index (χ0) is 8.16. The third kappa shape index (κ3) is 1.90. The number of isocyanates is 1. The average Bonchev–Trinajstić information content (AvgIpc) is 1.95. The van der Waals surface area contributed by atoms with Crippen LogP contribution in [0.1, 0.15) is 39.0 Å². The summed E-state index contributed by atoms with van der Waals surface area (Å²) in [5.74, 6) is 0. The Kier molecular flexibility index (Phi) is 2.84. The third-order valence-electron chi connectivity index (χ3n) is 2.98. The van der Waals surface area contributed by atoms with Gasteiger partial charge in [-0.05, 0) is 24.7 Å². The van der Waals surface area contributed by atoms with Crippen molar-refractivity contribution in [1.29, 1.82) is 0 Å². The lowest BCUT2D eigenvalue weighted by Gasteiger charge is -2.41. The van der Waals surface area contributed by atoms with Crippen LogP contribution >= 0.6 is 0 Å². The van der Waals surface area contributed by atoms with Crippen molar-refractivity contribution in [2.75, 3.05) is 6.54 Å². The highest BCUT2D eigenvalue weighted by atomic mass is 16.1. The molecule has 0 aromatic heterocycles. The molecular formula is C9H15NO. The minimum absolute atomic E-state index is 0.542. The Morgan fingerprint density at radius 3 is 2.64 bits per heavy atom. The van der Waals surface area contributed by atoms with Gasteiger partial charge in [0.25, 0.3) is 0 Å². The molecule has 1 fully saturated rings. The van der Waals surface area contributed by atoms with E-state index >= 15 is 0 Å². The molecule has 0 unspecified atom stereocenters. The van der Waals surface area contributed by atoms with Crippen LogP contribution in [-0.4, -0.2) is 12.6 Å². The molecule has 0 amide bonds. The van der Waals surface area contributed by atoms with E-state index in [1.165, 1.54) is 25.7 Å². The maximum absolute atomic E-state index is 9.79. The Balaban J connectivity index is 2.26. The van der Waals surface area contributed by atoms with E-state index in [9.17, 15) is 4.79 Å². The summed E-state index contributed by atoms with van der Waals surface area (Å²) in [6.07, 6.45) is 7.93. The van der Waals surface area contributed by atoms with E-state index in [1.807, 2.05) is 0 Å². The molecule has 0 radical (unpaired) electrons. The molecule has 0 aromatic rings.